The average Bonchev–Trinajstić information content (AvgIpc) is 3.19. The van der Waals surface area contributed by atoms with Crippen molar-refractivity contribution >= 4 is 33.4 Å². The number of anilines is 1. The monoisotopic (exact) mass is 472 g/mol. The van der Waals surface area contributed by atoms with Gasteiger partial charge in [0.15, 0.2) is 11.0 Å². The van der Waals surface area contributed by atoms with Gasteiger partial charge in [-0.1, -0.05) is 18.2 Å². The van der Waals surface area contributed by atoms with Crippen molar-refractivity contribution in [3.8, 4) is 11.4 Å². The SMILES string of the molecule is Cn1c(SCC(=O)Nc2ccc(S(=O)(=O)N3CCCCC3)cc2)nnc1-c1cccnc1. The van der Waals surface area contributed by atoms with Gasteiger partial charge in [0.05, 0.1) is 10.6 Å². The highest BCUT2D eigenvalue weighted by Crippen LogP contribution is 2.24. The molecule has 1 saturated heterocycles. The number of thioether (sulfide) groups is 1. The van der Waals surface area contributed by atoms with Crippen LogP contribution in [0.2, 0.25) is 0 Å². The molecule has 4 rings (SSSR count). The zero-order chi connectivity index (χ0) is 22.6. The van der Waals surface area contributed by atoms with Crippen LogP contribution >= 0.6 is 11.8 Å². The van der Waals surface area contributed by atoms with Crippen LogP contribution in [-0.2, 0) is 21.9 Å². The summed E-state index contributed by atoms with van der Waals surface area (Å²) in [7, 11) is -1.65. The molecule has 168 valence electrons. The van der Waals surface area contributed by atoms with E-state index in [1.807, 2.05) is 23.7 Å². The molecule has 9 nitrogen and oxygen atoms in total. The first kappa shape index (κ1) is 22.4. The number of piperidine rings is 1. The zero-order valence-electron chi connectivity index (χ0n) is 17.6. The van der Waals surface area contributed by atoms with Gasteiger partial charge in [0, 0.05) is 43.8 Å². The van der Waals surface area contributed by atoms with Gasteiger partial charge in [-0.15, -0.1) is 10.2 Å². The fourth-order valence-electron chi connectivity index (χ4n) is 3.48. The number of carbonyl (C=O) groups excluding carboxylic acids is 1. The molecule has 0 bridgehead atoms. The second-order valence-electron chi connectivity index (χ2n) is 7.43. The Morgan fingerprint density at radius 2 is 1.84 bits per heavy atom. The lowest BCUT2D eigenvalue weighted by Gasteiger charge is -2.25. The maximum atomic E-state index is 12.7. The van der Waals surface area contributed by atoms with Crippen molar-refractivity contribution < 1.29 is 13.2 Å². The van der Waals surface area contributed by atoms with E-state index in [9.17, 15) is 13.2 Å². The maximum absolute atomic E-state index is 12.7. The van der Waals surface area contributed by atoms with E-state index in [2.05, 4.69) is 20.5 Å². The van der Waals surface area contributed by atoms with Gasteiger partial charge < -0.3 is 9.88 Å². The molecule has 1 N–H and O–H groups in total. The zero-order valence-corrected chi connectivity index (χ0v) is 19.3. The maximum Gasteiger partial charge on any atom is 0.243 e. The first-order chi connectivity index (χ1) is 15.4. The van der Waals surface area contributed by atoms with E-state index < -0.39 is 10.0 Å². The number of hydrogen-bond donors (Lipinski definition) is 1. The van der Waals surface area contributed by atoms with E-state index in [0.29, 0.717) is 29.8 Å². The summed E-state index contributed by atoms with van der Waals surface area (Å²) in [6, 6.07) is 10.0. The highest BCUT2D eigenvalue weighted by Gasteiger charge is 2.25. The van der Waals surface area contributed by atoms with E-state index in [0.717, 1.165) is 24.8 Å². The molecule has 1 aromatic carbocycles. The van der Waals surface area contributed by atoms with E-state index in [1.54, 1.807) is 24.5 Å². The van der Waals surface area contributed by atoms with Crippen LogP contribution in [0.15, 0.2) is 58.8 Å². The standard InChI is InChI=1S/C21H24N6O3S2/c1-26-20(16-6-5-11-22-14-16)24-25-21(26)31-15-19(28)23-17-7-9-18(10-8-17)32(29,30)27-12-3-2-4-13-27/h5-11,14H,2-4,12-13,15H2,1H3,(H,23,28). The predicted octanol–water partition coefficient (Wildman–Crippen LogP) is 2.78. The number of amides is 1. The minimum atomic E-state index is -3.48. The van der Waals surface area contributed by atoms with Gasteiger partial charge in [-0.05, 0) is 49.2 Å². The summed E-state index contributed by atoms with van der Waals surface area (Å²) in [6.45, 7) is 1.12. The van der Waals surface area contributed by atoms with E-state index in [4.69, 9.17) is 0 Å². The third kappa shape index (κ3) is 5.00. The van der Waals surface area contributed by atoms with Crippen molar-refractivity contribution in [2.24, 2.45) is 7.05 Å². The number of nitrogens with one attached hydrogen (secondary N) is 1. The summed E-state index contributed by atoms with van der Waals surface area (Å²) in [4.78, 5) is 16.7. The molecule has 1 amide bonds. The molecular weight excluding hydrogens is 448 g/mol. The molecule has 0 spiro atoms. The van der Waals surface area contributed by atoms with Crippen molar-refractivity contribution in [1.82, 2.24) is 24.1 Å². The Hall–Kier alpha value is -2.76. The normalized spacial score (nSPS) is 14.9. The molecule has 0 atom stereocenters. The molecule has 1 aliphatic rings. The summed E-state index contributed by atoms with van der Waals surface area (Å²) in [6.07, 6.45) is 6.24. The number of aromatic nitrogens is 4. The Labute approximate surface area is 191 Å². The van der Waals surface area contributed by atoms with Crippen molar-refractivity contribution in [1.29, 1.82) is 0 Å². The molecular formula is C21H24N6O3S2. The third-order valence-corrected chi connectivity index (χ3v) is 8.11. The van der Waals surface area contributed by atoms with Gasteiger partial charge in [-0.25, -0.2) is 8.42 Å². The lowest BCUT2D eigenvalue weighted by Crippen LogP contribution is -2.35. The van der Waals surface area contributed by atoms with Crippen molar-refractivity contribution in [2.45, 2.75) is 29.3 Å². The van der Waals surface area contributed by atoms with Crippen LogP contribution in [0, 0.1) is 0 Å². The number of hydrogen-bond acceptors (Lipinski definition) is 7. The second kappa shape index (κ2) is 9.80. The number of rotatable bonds is 7. The summed E-state index contributed by atoms with van der Waals surface area (Å²) in [5.41, 5.74) is 1.39. The fourth-order valence-corrected chi connectivity index (χ4v) is 5.71. The van der Waals surface area contributed by atoms with E-state index in [1.165, 1.54) is 28.2 Å². The van der Waals surface area contributed by atoms with Gasteiger partial charge in [0.25, 0.3) is 0 Å². The largest absolute Gasteiger partial charge is 0.325 e. The van der Waals surface area contributed by atoms with Crippen LogP contribution in [0.3, 0.4) is 0 Å². The average molecular weight is 473 g/mol. The van der Waals surface area contributed by atoms with Gasteiger partial charge in [0.2, 0.25) is 15.9 Å². The third-order valence-electron chi connectivity index (χ3n) is 5.18. The predicted molar refractivity (Wildman–Crippen MR) is 123 cm³/mol. The quantitative estimate of drug-likeness (QED) is 0.527. The minimum absolute atomic E-state index is 0.146. The van der Waals surface area contributed by atoms with Crippen LogP contribution in [0.25, 0.3) is 11.4 Å². The number of nitrogens with zero attached hydrogens (tertiary/aromatic N) is 5. The molecule has 11 heteroatoms. The molecule has 1 aliphatic heterocycles. The van der Waals surface area contributed by atoms with Crippen LogP contribution < -0.4 is 5.32 Å². The number of benzene rings is 1. The fraction of sp³-hybridized carbons (Fsp3) is 0.333. The smallest absolute Gasteiger partial charge is 0.243 e. The lowest BCUT2D eigenvalue weighted by atomic mass is 10.2. The highest BCUT2D eigenvalue weighted by atomic mass is 32.2. The van der Waals surface area contributed by atoms with Crippen LogP contribution in [0.4, 0.5) is 5.69 Å². The first-order valence-electron chi connectivity index (χ1n) is 10.3. The summed E-state index contributed by atoms with van der Waals surface area (Å²) < 4.78 is 28.8. The highest BCUT2D eigenvalue weighted by molar-refractivity contribution is 7.99. The number of pyridine rings is 1. The Balaban J connectivity index is 1.34. The molecule has 0 unspecified atom stereocenters. The Morgan fingerprint density at radius 3 is 2.53 bits per heavy atom. The summed E-state index contributed by atoms with van der Waals surface area (Å²) in [5.74, 6) is 0.603. The molecule has 32 heavy (non-hydrogen) atoms. The minimum Gasteiger partial charge on any atom is -0.325 e. The molecule has 2 aromatic heterocycles. The Morgan fingerprint density at radius 1 is 1.09 bits per heavy atom. The van der Waals surface area contributed by atoms with Gasteiger partial charge in [0.1, 0.15) is 0 Å². The van der Waals surface area contributed by atoms with Crippen LogP contribution in [0.1, 0.15) is 19.3 Å². The molecule has 0 radical (unpaired) electrons. The topological polar surface area (TPSA) is 110 Å². The Bertz CT molecular complexity index is 1170. The van der Waals surface area contributed by atoms with Crippen molar-refractivity contribution in [3.63, 3.8) is 0 Å². The van der Waals surface area contributed by atoms with Gasteiger partial charge in [-0.3, -0.25) is 9.78 Å². The van der Waals surface area contributed by atoms with Crippen molar-refractivity contribution in [2.75, 3.05) is 24.2 Å². The molecule has 3 aromatic rings. The molecule has 3 heterocycles. The first-order valence-corrected chi connectivity index (χ1v) is 12.7. The lowest BCUT2D eigenvalue weighted by molar-refractivity contribution is -0.113. The van der Waals surface area contributed by atoms with Crippen LogP contribution in [0.5, 0.6) is 0 Å². The van der Waals surface area contributed by atoms with E-state index in [-0.39, 0.29) is 16.6 Å². The summed E-state index contributed by atoms with van der Waals surface area (Å²) >= 11 is 1.27. The molecule has 1 fully saturated rings. The Kier molecular flexibility index (Phi) is 6.87. The van der Waals surface area contributed by atoms with E-state index >= 15 is 0 Å². The number of sulfonamides is 1. The molecule has 0 saturated carbocycles. The van der Waals surface area contributed by atoms with Crippen molar-refractivity contribution in [3.05, 3.63) is 48.8 Å². The van der Waals surface area contributed by atoms with Gasteiger partial charge >= 0.3 is 0 Å². The van der Waals surface area contributed by atoms with Gasteiger partial charge in [-0.2, -0.15) is 4.31 Å². The number of carbonyl (C=O) groups is 1. The van der Waals surface area contributed by atoms with Crippen LogP contribution in [-0.4, -0.2) is 57.2 Å². The molecule has 0 aliphatic carbocycles. The summed E-state index contributed by atoms with van der Waals surface area (Å²) in [5, 5.41) is 11.7. The second-order valence-corrected chi connectivity index (χ2v) is 10.3.